The Labute approximate surface area is 457 Å². The highest BCUT2D eigenvalue weighted by molar-refractivity contribution is 5.93. The number of aliphatic hydroxyl groups is 6. The van der Waals surface area contributed by atoms with Crippen molar-refractivity contribution in [2.75, 3.05) is 6.54 Å². The summed E-state index contributed by atoms with van der Waals surface area (Å²) in [7, 11) is 0. The number of hydrazine groups is 1. The number of rotatable bonds is 19. The van der Waals surface area contributed by atoms with Crippen LogP contribution in [-0.2, 0) is 35.1 Å². The second-order valence-electron chi connectivity index (χ2n) is 23.0. The highest BCUT2D eigenvalue weighted by atomic mass is 16.5. The number of esters is 1. The largest absolute Gasteiger partial charge is 0.508 e. The fourth-order valence-electron chi connectivity index (χ4n) is 10.9. The molecule has 4 amide bonds. The van der Waals surface area contributed by atoms with Gasteiger partial charge in [0, 0.05) is 43.1 Å². The van der Waals surface area contributed by atoms with Crippen molar-refractivity contribution in [3.63, 3.8) is 0 Å². The minimum atomic E-state index is -1.54. The average molecular weight is 1080 g/mol. The number of phenolic OH excluding ortho intramolecular Hbond substituents is 1. The average Bonchev–Trinajstić information content (AvgIpc) is 3.40. The van der Waals surface area contributed by atoms with E-state index in [2.05, 4.69) is 21.4 Å². The molecular weight excluding hydrogens is 987 g/mol. The normalized spacial score (nSPS) is 31.2. The van der Waals surface area contributed by atoms with E-state index in [1.165, 1.54) is 23.2 Å². The molecule has 77 heavy (non-hydrogen) atoms. The number of benzene rings is 1. The molecular formula is C59H95N5O13. The van der Waals surface area contributed by atoms with Gasteiger partial charge in [-0.15, -0.1) is 0 Å². The number of ether oxygens (including phenoxy) is 1. The van der Waals surface area contributed by atoms with Crippen LogP contribution in [0.5, 0.6) is 5.75 Å². The van der Waals surface area contributed by atoms with E-state index in [0.29, 0.717) is 68.9 Å². The maximum atomic E-state index is 14.5. The van der Waals surface area contributed by atoms with Gasteiger partial charge in [0.1, 0.15) is 35.7 Å². The lowest BCUT2D eigenvalue weighted by Gasteiger charge is -2.47. The Kier molecular flexibility index (Phi) is 25.8. The number of piperidine rings is 1. The number of aromatic hydroxyl groups is 1. The van der Waals surface area contributed by atoms with E-state index in [4.69, 9.17) is 4.74 Å². The SMILES string of the molecule is CCCC1C(=O)NC(C(C)C)C(=O)NC(Cc2cccc(O)c2)C(=O)N2CCCC(N2)C(=O)OC(C(C)=CCC(O)CCC(C)C(O)CCC(C)C(O)C(C)C2(O)NC(=O)C(CC)CC2C)CC=CC=CC(O)C(C)C1O. The molecule has 4 rings (SSSR count). The first-order chi connectivity index (χ1) is 36.3. The lowest BCUT2D eigenvalue weighted by atomic mass is 9.72. The number of aliphatic hydroxyl groups excluding tert-OH is 5. The van der Waals surface area contributed by atoms with Crippen LogP contribution in [0.15, 0.2) is 60.2 Å². The Balaban J connectivity index is 1.50. The molecule has 0 radical (unpaired) electrons. The third-order valence-electron chi connectivity index (χ3n) is 16.7. The molecule has 3 heterocycles. The first kappa shape index (κ1) is 64.8. The van der Waals surface area contributed by atoms with Crippen molar-refractivity contribution in [2.45, 2.75) is 213 Å². The summed E-state index contributed by atoms with van der Waals surface area (Å²) in [6.07, 6.45) is 7.60. The molecule has 2 bridgehead atoms. The molecule has 2 fully saturated rings. The third kappa shape index (κ3) is 18.4. The number of allylic oxidation sites excluding steroid dienone is 2. The summed E-state index contributed by atoms with van der Waals surface area (Å²) in [5.41, 5.74) is 2.70. The van der Waals surface area contributed by atoms with E-state index in [9.17, 15) is 59.7 Å². The second kappa shape index (κ2) is 30.6. The number of cyclic esters (lactones) is 1. The molecule has 1 aromatic carbocycles. The van der Waals surface area contributed by atoms with Gasteiger partial charge >= 0.3 is 5.97 Å². The van der Waals surface area contributed by atoms with Crippen LogP contribution >= 0.6 is 0 Å². The van der Waals surface area contributed by atoms with Gasteiger partial charge in [0.2, 0.25) is 17.7 Å². The lowest BCUT2D eigenvalue weighted by molar-refractivity contribution is -0.170. The van der Waals surface area contributed by atoms with Crippen LogP contribution in [0.1, 0.15) is 152 Å². The first-order valence-electron chi connectivity index (χ1n) is 28.4. The van der Waals surface area contributed by atoms with E-state index in [-0.39, 0.29) is 67.6 Å². The fourth-order valence-corrected chi connectivity index (χ4v) is 10.9. The molecule has 0 aliphatic carbocycles. The molecule has 1 aromatic rings. The molecule has 0 aromatic heterocycles. The van der Waals surface area contributed by atoms with Gasteiger partial charge in [-0.2, -0.15) is 0 Å². The Bertz CT molecular complexity index is 2170. The number of hydrogen-bond donors (Lipinski definition) is 11. The third-order valence-corrected chi connectivity index (χ3v) is 16.7. The summed E-state index contributed by atoms with van der Waals surface area (Å²) < 4.78 is 6.17. The van der Waals surface area contributed by atoms with Crippen LogP contribution in [0.3, 0.4) is 0 Å². The summed E-state index contributed by atoms with van der Waals surface area (Å²) in [6, 6.07) is 3.04. The minimum absolute atomic E-state index is 0.0337. The summed E-state index contributed by atoms with van der Waals surface area (Å²) in [6.45, 7) is 18.4. The van der Waals surface area contributed by atoms with Crippen molar-refractivity contribution >= 4 is 29.6 Å². The summed E-state index contributed by atoms with van der Waals surface area (Å²) in [5.74, 6) is -6.36. The number of nitrogens with one attached hydrogen (secondary N) is 4. The highest BCUT2D eigenvalue weighted by Crippen LogP contribution is 2.38. The van der Waals surface area contributed by atoms with Crippen molar-refractivity contribution in [1.29, 1.82) is 0 Å². The Morgan fingerprint density at radius 3 is 2.27 bits per heavy atom. The maximum absolute atomic E-state index is 14.5. The zero-order valence-corrected chi connectivity index (χ0v) is 47.4. The Morgan fingerprint density at radius 1 is 0.909 bits per heavy atom. The molecule has 18 heteroatoms. The van der Waals surface area contributed by atoms with Crippen molar-refractivity contribution < 1.29 is 64.5 Å². The van der Waals surface area contributed by atoms with Crippen molar-refractivity contribution in [1.82, 2.24) is 26.4 Å². The van der Waals surface area contributed by atoms with Gasteiger partial charge in [-0.1, -0.05) is 111 Å². The molecule has 0 saturated carbocycles. The number of phenols is 1. The minimum Gasteiger partial charge on any atom is -0.508 e. The number of fused-ring (bicyclic) bond motifs is 2. The zero-order chi connectivity index (χ0) is 57.3. The van der Waals surface area contributed by atoms with Gasteiger partial charge in [-0.25, -0.2) is 5.43 Å². The van der Waals surface area contributed by atoms with Crippen LogP contribution < -0.4 is 21.4 Å². The number of amides is 4. The van der Waals surface area contributed by atoms with Crippen molar-refractivity contribution in [2.24, 2.45) is 47.3 Å². The standard InChI is InChI=1S/C59H95N5O13/c1-11-18-45-53(70)39(9)49(68)22-14-13-15-23-50(36(6)25-28-43(65)27-24-35(5)48(67)29-26-37(7)52(69)40(10)59(76)38(8)31-42(12-2)54(71)62-59)77-58(75)46-21-17-30-64(63-46)57(74)47(33-41-19-16-20-44(66)32-41)60-56(73)51(34(3)4)61-55(45)72/h13-16,19-20,22,25,32,34-35,37-40,42-43,45-53,63,65-70,76H,11-12,17-18,21,23-24,26-31,33H2,1-10H3,(H,60,73)(H,61,72)(H,62,71). The van der Waals surface area contributed by atoms with Crippen LogP contribution in [0.25, 0.3) is 0 Å². The maximum Gasteiger partial charge on any atom is 0.325 e. The van der Waals surface area contributed by atoms with Gasteiger partial charge in [-0.3, -0.25) is 29.0 Å². The molecule has 3 aliphatic rings. The van der Waals surface area contributed by atoms with Crippen LogP contribution in [0.4, 0.5) is 0 Å². The predicted octanol–water partition coefficient (Wildman–Crippen LogP) is 5.02. The van der Waals surface area contributed by atoms with E-state index >= 15 is 0 Å². The number of carbonyl (C=O) groups is 5. The molecule has 18 nitrogen and oxygen atoms in total. The zero-order valence-electron chi connectivity index (χ0n) is 47.4. The second-order valence-corrected chi connectivity index (χ2v) is 23.0. The number of nitrogens with zero attached hydrogens (tertiary/aromatic N) is 1. The highest BCUT2D eigenvalue weighted by Gasteiger charge is 2.49. The first-order valence-corrected chi connectivity index (χ1v) is 28.4. The van der Waals surface area contributed by atoms with Crippen molar-refractivity contribution in [3.8, 4) is 5.75 Å². The topological polar surface area (TPSA) is 288 Å². The summed E-state index contributed by atoms with van der Waals surface area (Å²) in [4.78, 5) is 69.4. The molecule has 3 aliphatic heterocycles. The predicted molar refractivity (Wildman–Crippen MR) is 294 cm³/mol. The molecule has 434 valence electrons. The van der Waals surface area contributed by atoms with Gasteiger partial charge in [0.15, 0.2) is 0 Å². The number of carbonyl (C=O) groups excluding carboxylic acids is 5. The smallest absolute Gasteiger partial charge is 0.325 e. The quantitative estimate of drug-likeness (QED) is 0.0642. The summed E-state index contributed by atoms with van der Waals surface area (Å²) in [5, 5.41) is 87.9. The van der Waals surface area contributed by atoms with Gasteiger partial charge in [0.05, 0.1) is 36.4 Å². The molecule has 17 atom stereocenters. The van der Waals surface area contributed by atoms with Crippen molar-refractivity contribution in [3.05, 3.63) is 65.8 Å². The molecule has 11 N–H and O–H groups in total. The van der Waals surface area contributed by atoms with Gasteiger partial charge < -0.3 is 56.4 Å². The Hall–Kier alpha value is -4.69. The number of hydrogen-bond acceptors (Lipinski definition) is 14. The van der Waals surface area contributed by atoms with Crippen LogP contribution in [-0.4, -0.2) is 137 Å². The monoisotopic (exact) mass is 1080 g/mol. The van der Waals surface area contributed by atoms with Crippen LogP contribution in [0, 0.1) is 47.3 Å². The van der Waals surface area contributed by atoms with E-state index in [1.807, 2.05) is 40.7 Å². The molecule has 17 unspecified atom stereocenters. The van der Waals surface area contributed by atoms with Gasteiger partial charge in [-0.05, 0) is 112 Å². The van der Waals surface area contributed by atoms with E-state index in [1.54, 1.807) is 65.0 Å². The lowest BCUT2D eigenvalue weighted by Crippen LogP contribution is -2.65. The van der Waals surface area contributed by atoms with E-state index < -0.39 is 108 Å². The Morgan fingerprint density at radius 2 is 1.61 bits per heavy atom. The summed E-state index contributed by atoms with van der Waals surface area (Å²) >= 11 is 0. The van der Waals surface area contributed by atoms with Gasteiger partial charge in [0.25, 0.3) is 5.91 Å². The van der Waals surface area contributed by atoms with E-state index in [0.717, 1.165) is 0 Å². The van der Waals surface area contributed by atoms with Crippen LogP contribution in [0.2, 0.25) is 0 Å². The molecule has 2 saturated heterocycles. The fraction of sp³-hybridized carbons (Fsp3) is 0.712. The molecule has 0 spiro atoms.